The first-order valence-electron chi connectivity index (χ1n) is 25.6. The minimum atomic E-state index is -1.70. The standard InChI is InChI=1S/C49H94O14/c1-3-5-7-8-9-10-11-12-13-14-15-16-17-18-19-20-21-22-23-24-25-26-27-28-29-31-33-58-35-38(61-41(51)32-30-6-4-2)36-59-48-47(57)45(55)43(53)40(63-48)37-60-49-46(56)44(54)42(52)39(34-50)62-49/h38-40,42-50,52-57H,3-37H2,1-2H3. The number of rotatable bonds is 41. The molecule has 0 saturated carbocycles. The van der Waals surface area contributed by atoms with Gasteiger partial charge in [-0.2, -0.15) is 0 Å². The van der Waals surface area contributed by atoms with E-state index in [-0.39, 0.29) is 19.6 Å². The number of ether oxygens (including phenoxy) is 6. The van der Waals surface area contributed by atoms with Crippen LogP contribution in [0.5, 0.6) is 0 Å². The number of carbonyl (C=O) groups excluding carboxylic acids is 1. The summed E-state index contributed by atoms with van der Waals surface area (Å²) in [6, 6.07) is 0. The van der Waals surface area contributed by atoms with E-state index in [2.05, 4.69) is 6.92 Å². The Labute approximate surface area is 381 Å². The van der Waals surface area contributed by atoms with E-state index in [1.54, 1.807) is 0 Å². The molecule has 2 heterocycles. The molecule has 374 valence electrons. The molecular weight excluding hydrogens is 813 g/mol. The van der Waals surface area contributed by atoms with Crippen molar-refractivity contribution in [1.29, 1.82) is 0 Å². The Morgan fingerprint density at radius 1 is 0.460 bits per heavy atom. The molecule has 11 unspecified atom stereocenters. The first-order valence-corrected chi connectivity index (χ1v) is 25.6. The van der Waals surface area contributed by atoms with E-state index in [0.29, 0.717) is 13.0 Å². The van der Waals surface area contributed by atoms with Gasteiger partial charge >= 0.3 is 5.97 Å². The second-order valence-electron chi connectivity index (χ2n) is 18.4. The predicted octanol–water partition coefficient (Wildman–Crippen LogP) is 7.30. The number of hydrogen-bond donors (Lipinski definition) is 7. The lowest BCUT2D eigenvalue weighted by Crippen LogP contribution is -2.61. The van der Waals surface area contributed by atoms with Crippen LogP contribution in [0.25, 0.3) is 0 Å². The smallest absolute Gasteiger partial charge is 0.306 e. The third kappa shape index (κ3) is 26.2. The summed E-state index contributed by atoms with van der Waals surface area (Å²) < 4.78 is 33.9. The molecule has 11 atom stereocenters. The van der Waals surface area contributed by atoms with Crippen molar-refractivity contribution in [2.75, 3.05) is 33.0 Å². The van der Waals surface area contributed by atoms with Crippen LogP contribution in [0.3, 0.4) is 0 Å². The minimum absolute atomic E-state index is 0.0661. The van der Waals surface area contributed by atoms with Gasteiger partial charge in [0.2, 0.25) is 0 Å². The first kappa shape index (κ1) is 58.1. The van der Waals surface area contributed by atoms with Gasteiger partial charge in [0, 0.05) is 13.0 Å². The van der Waals surface area contributed by atoms with E-state index < -0.39 is 86.7 Å². The highest BCUT2D eigenvalue weighted by Crippen LogP contribution is 2.26. The lowest BCUT2D eigenvalue weighted by Gasteiger charge is -2.42. The molecule has 2 fully saturated rings. The minimum Gasteiger partial charge on any atom is -0.457 e. The molecule has 0 aromatic rings. The summed E-state index contributed by atoms with van der Waals surface area (Å²) in [4.78, 5) is 12.6. The molecule has 63 heavy (non-hydrogen) atoms. The van der Waals surface area contributed by atoms with Crippen LogP contribution in [0.15, 0.2) is 0 Å². The topological polar surface area (TPSA) is 214 Å². The van der Waals surface area contributed by atoms with Gasteiger partial charge in [0.05, 0.1) is 26.4 Å². The van der Waals surface area contributed by atoms with Gasteiger partial charge in [-0.3, -0.25) is 4.79 Å². The molecule has 0 spiro atoms. The summed E-state index contributed by atoms with van der Waals surface area (Å²) in [5, 5.41) is 71.6. The van der Waals surface area contributed by atoms with Gasteiger partial charge in [-0.1, -0.05) is 187 Å². The van der Waals surface area contributed by atoms with Crippen LogP contribution in [0.1, 0.15) is 206 Å². The fourth-order valence-corrected chi connectivity index (χ4v) is 8.40. The van der Waals surface area contributed by atoms with Crippen molar-refractivity contribution < 1.29 is 69.0 Å². The lowest BCUT2D eigenvalue weighted by molar-refractivity contribution is -0.332. The third-order valence-electron chi connectivity index (χ3n) is 12.6. The van der Waals surface area contributed by atoms with Gasteiger partial charge in [0.15, 0.2) is 12.6 Å². The summed E-state index contributed by atoms with van der Waals surface area (Å²) in [7, 11) is 0. The second-order valence-corrected chi connectivity index (χ2v) is 18.4. The van der Waals surface area contributed by atoms with Crippen LogP contribution in [-0.4, -0.2) is 142 Å². The molecule has 2 aliphatic rings. The zero-order valence-corrected chi connectivity index (χ0v) is 39.6. The van der Waals surface area contributed by atoms with Crippen molar-refractivity contribution in [1.82, 2.24) is 0 Å². The Hall–Kier alpha value is -1.01. The summed E-state index contributed by atoms with van der Waals surface area (Å²) in [6.45, 7) is 3.54. The molecule has 0 amide bonds. The molecule has 0 bridgehead atoms. The maximum atomic E-state index is 12.6. The maximum Gasteiger partial charge on any atom is 0.306 e. The highest BCUT2D eigenvalue weighted by molar-refractivity contribution is 5.69. The van der Waals surface area contributed by atoms with E-state index in [0.717, 1.165) is 32.1 Å². The summed E-state index contributed by atoms with van der Waals surface area (Å²) in [5.41, 5.74) is 0. The Morgan fingerprint density at radius 3 is 1.29 bits per heavy atom. The normalized spacial score (nSPS) is 26.9. The molecule has 2 rings (SSSR count). The van der Waals surface area contributed by atoms with Gasteiger partial charge in [0.25, 0.3) is 0 Å². The largest absolute Gasteiger partial charge is 0.457 e. The average Bonchev–Trinajstić information content (AvgIpc) is 3.28. The zero-order valence-electron chi connectivity index (χ0n) is 39.6. The van der Waals surface area contributed by atoms with E-state index >= 15 is 0 Å². The van der Waals surface area contributed by atoms with E-state index in [1.165, 1.54) is 148 Å². The van der Waals surface area contributed by atoms with E-state index in [9.17, 15) is 40.5 Å². The van der Waals surface area contributed by atoms with Gasteiger partial charge in [0.1, 0.15) is 54.9 Å². The molecule has 0 aromatic heterocycles. The summed E-state index contributed by atoms with van der Waals surface area (Å²) in [5.74, 6) is -0.396. The highest BCUT2D eigenvalue weighted by Gasteiger charge is 2.47. The molecule has 0 aliphatic carbocycles. The Bertz CT molecular complexity index is 1050. The highest BCUT2D eigenvalue weighted by atomic mass is 16.7. The van der Waals surface area contributed by atoms with Crippen molar-refractivity contribution in [2.24, 2.45) is 0 Å². The first-order chi connectivity index (χ1) is 30.6. The van der Waals surface area contributed by atoms with Crippen LogP contribution in [0.2, 0.25) is 0 Å². The predicted molar refractivity (Wildman–Crippen MR) is 243 cm³/mol. The van der Waals surface area contributed by atoms with Crippen LogP contribution in [0.4, 0.5) is 0 Å². The lowest BCUT2D eigenvalue weighted by atomic mass is 9.98. The van der Waals surface area contributed by atoms with Gasteiger partial charge in [-0.05, 0) is 12.8 Å². The second kappa shape index (κ2) is 38.0. The molecular formula is C49H94O14. The molecule has 7 N–H and O–H groups in total. The van der Waals surface area contributed by atoms with Gasteiger partial charge < -0.3 is 64.2 Å². The summed E-state index contributed by atoms with van der Waals surface area (Å²) in [6.07, 6.45) is 21.6. The summed E-state index contributed by atoms with van der Waals surface area (Å²) >= 11 is 0. The quantitative estimate of drug-likeness (QED) is 0.0237. The Balaban J connectivity index is 1.54. The SMILES string of the molecule is CCCCCCCCCCCCCCCCCCCCCCCCCCCCOCC(COC1OC(COC2OC(CO)C(O)C(O)C2O)C(O)C(O)C1O)OC(=O)CCCCC. The van der Waals surface area contributed by atoms with E-state index in [1.807, 2.05) is 6.92 Å². The molecule has 14 heteroatoms. The number of aliphatic hydroxyl groups is 7. The molecule has 2 saturated heterocycles. The van der Waals surface area contributed by atoms with Crippen molar-refractivity contribution in [2.45, 2.75) is 274 Å². The number of hydrogen-bond acceptors (Lipinski definition) is 14. The zero-order chi connectivity index (χ0) is 45.9. The van der Waals surface area contributed by atoms with Gasteiger partial charge in [-0.25, -0.2) is 0 Å². The van der Waals surface area contributed by atoms with Crippen LogP contribution < -0.4 is 0 Å². The van der Waals surface area contributed by atoms with Gasteiger partial charge in [-0.15, -0.1) is 0 Å². The van der Waals surface area contributed by atoms with Crippen molar-refractivity contribution in [3.05, 3.63) is 0 Å². The van der Waals surface area contributed by atoms with Crippen LogP contribution in [-0.2, 0) is 33.2 Å². The van der Waals surface area contributed by atoms with Crippen molar-refractivity contribution in [3.8, 4) is 0 Å². The average molecular weight is 907 g/mol. The number of esters is 1. The number of carbonyl (C=O) groups is 1. The monoisotopic (exact) mass is 907 g/mol. The third-order valence-corrected chi connectivity index (χ3v) is 12.6. The molecule has 0 aromatic carbocycles. The van der Waals surface area contributed by atoms with Crippen LogP contribution >= 0.6 is 0 Å². The number of unbranched alkanes of at least 4 members (excludes halogenated alkanes) is 27. The van der Waals surface area contributed by atoms with Crippen molar-refractivity contribution in [3.63, 3.8) is 0 Å². The van der Waals surface area contributed by atoms with Crippen LogP contribution in [0, 0.1) is 0 Å². The fourth-order valence-electron chi connectivity index (χ4n) is 8.40. The fraction of sp³-hybridized carbons (Fsp3) is 0.980. The molecule has 14 nitrogen and oxygen atoms in total. The Kier molecular flexibility index (Phi) is 35.1. The van der Waals surface area contributed by atoms with E-state index in [4.69, 9.17) is 28.4 Å². The molecule has 2 aliphatic heterocycles. The number of aliphatic hydroxyl groups excluding tert-OH is 7. The van der Waals surface area contributed by atoms with Crippen molar-refractivity contribution >= 4 is 5.97 Å². The molecule has 0 radical (unpaired) electrons. The Morgan fingerprint density at radius 2 is 0.841 bits per heavy atom. The maximum absolute atomic E-state index is 12.6.